The highest BCUT2D eigenvalue weighted by Crippen LogP contribution is 2.30. The highest BCUT2D eigenvalue weighted by Gasteiger charge is 2.18. The Balaban J connectivity index is 2.55. The van der Waals surface area contributed by atoms with Crippen molar-refractivity contribution in [2.45, 2.75) is 13.3 Å². The molecule has 17 heavy (non-hydrogen) atoms. The van der Waals surface area contributed by atoms with Crippen molar-refractivity contribution in [3.8, 4) is 11.3 Å². The number of hydrogen-bond acceptors (Lipinski definition) is 2. The lowest BCUT2D eigenvalue weighted by Crippen LogP contribution is -1.91. The molecule has 0 spiro atoms. The lowest BCUT2D eigenvalue weighted by Gasteiger charge is -2.03. The Morgan fingerprint density at radius 2 is 2.12 bits per heavy atom. The lowest BCUT2D eigenvalue weighted by atomic mass is 10.1. The van der Waals surface area contributed by atoms with Crippen molar-refractivity contribution in [3.05, 3.63) is 34.7 Å². The summed E-state index contributed by atoms with van der Waals surface area (Å²) in [7, 11) is 1.60. The monoisotopic (exact) mass is 257 g/mol. The molecule has 0 atom stereocenters. The van der Waals surface area contributed by atoms with Crippen LogP contribution in [0.25, 0.3) is 11.3 Å². The molecule has 0 aromatic carbocycles. The van der Waals surface area contributed by atoms with Gasteiger partial charge < -0.3 is 0 Å². The standard InChI is InChI=1S/C11H10ClF2N3/c1-6-3-7(4-15-10(6)12)9-8(11(13)14)5-17(2)16-9/h3-5,11H,1-2H3. The minimum atomic E-state index is -2.56. The summed E-state index contributed by atoms with van der Waals surface area (Å²) in [6.07, 6.45) is 0.197. The van der Waals surface area contributed by atoms with Gasteiger partial charge in [-0.3, -0.25) is 4.68 Å². The van der Waals surface area contributed by atoms with Crippen molar-refractivity contribution >= 4 is 11.6 Å². The van der Waals surface area contributed by atoms with Gasteiger partial charge in [-0.15, -0.1) is 0 Å². The van der Waals surface area contributed by atoms with Crippen LogP contribution < -0.4 is 0 Å². The first-order valence-electron chi connectivity index (χ1n) is 4.93. The van der Waals surface area contributed by atoms with Gasteiger partial charge in [-0.2, -0.15) is 5.10 Å². The Hall–Kier alpha value is -1.49. The van der Waals surface area contributed by atoms with E-state index in [2.05, 4.69) is 10.1 Å². The maximum Gasteiger partial charge on any atom is 0.267 e. The number of hydrogen-bond donors (Lipinski definition) is 0. The Bertz CT molecular complexity index is 552. The van der Waals surface area contributed by atoms with Crippen LogP contribution in [0.4, 0.5) is 8.78 Å². The molecule has 2 rings (SSSR count). The van der Waals surface area contributed by atoms with Gasteiger partial charge in [-0.1, -0.05) is 11.6 Å². The highest BCUT2D eigenvalue weighted by atomic mass is 35.5. The van der Waals surface area contributed by atoms with Crippen molar-refractivity contribution in [2.75, 3.05) is 0 Å². The second kappa shape index (κ2) is 4.41. The van der Waals surface area contributed by atoms with Gasteiger partial charge in [-0.05, 0) is 18.6 Å². The van der Waals surface area contributed by atoms with Crippen LogP contribution in [0.3, 0.4) is 0 Å². The largest absolute Gasteiger partial charge is 0.275 e. The molecule has 0 aliphatic heterocycles. The van der Waals surface area contributed by atoms with Crippen molar-refractivity contribution in [1.82, 2.24) is 14.8 Å². The quantitative estimate of drug-likeness (QED) is 0.772. The van der Waals surface area contributed by atoms with Crippen LogP contribution in [0.1, 0.15) is 17.6 Å². The molecule has 0 aliphatic rings. The molecule has 0 unspecified atom stereocenters. The molecule has 0 radical (unpaired) electrons. The van der Waals surface area contributed by atoms with Crippen molar-refractivity contribution in [1.29, 1.82) is 0 Å². The highest BCUT2D eigenvalue weighted by molar-refractivity contribution is 6.30. The zero-order chi connectivity index (χ0) is 12.6. The summed E-state index contributed by atoms with van der Waals surface area (Å²) in [5.41, 5.74) is 1.42. The number of halogens is 3. The number of aromatic nitrogens is 3. The molecule has 90 valence electrons. The van der Waals surface area contributed by atoms with E-state index in [1.54, 1.807) is 20.0 Å². The molecule has 0 amide bonds. The third-order valence-corrected chi connectivity index (χ3v) is 2.78. The van der Waals surface area contributed by atoms with Crippen molar-refractivity contribution in [2.24, 2.45) is 7.05 Å². The van der Waals surface area contributed by atoms with Gasteiger partial charge in [0.05, 0.1) is 5.56 Å². The SMILES string of the molecule is Cc1cc(-c2nn(C)cc2C(F)F)cnc1Cl. The van der Waals surface area contributed by atoms with E-state index in [1.807, 2.05) is 0 Å². The van der Waals surface area contributed by atoms with Crippen LogP contribution in [-0.2, 0) is 7.05 Å². The maximum absolute atomic E-state index is 12.8. The van der Waals surface area contributed by atoms with E-state index in [1.165, 1.54) is 17.1 Å². The predicted octanol–water partition coefficient (Wildman–Crippen LogP) is 3.38. The molecule has 2 heterocycles. The molecule has 2 aromatic rings. The van der Waals surface area contributed by atoms with Crippen LogP contribution in [0.2, 0.25) is 5.15 Å². The summed E-state index contributed by atoms with van der Waals surface area (Å²) in [5, 5.41) is 4.39. The number of pyridine rings is 1. The summed E-state index contributed by atoms with van der Waals surface area (Å²) in [6.45, 7) is 1.77. The summed E-state index contributed by atoms with van der Waals surface area (Å²) in [5.74, 6) is 0. The summed E-state index contributed by atoms with van der Waals surface area (Å²) >= 11 is 5.79. The van der Waals surface area contributed by atoms with Gasteiger partial charge in [0, 0.05) is 25.0 Å². The molecule has 2 aromatic heterocycles. The Labute approximate surface area is 102 Å². The fraction of sp³-hybridized carbons (Fsp3) is 0.273. The molecule has 3 nitrogen and oxygen atoms in total. The van der Waals surface area contributed by atoms with Crippen LogP contribution in [0.15, 0.2) is 18.5 Å². The fourth-order valence-corrected chi connectivity index (χ4v) is 1.68. The molecule has 0 bridgehead atoms. The van der Waals surface area contributed by atoms with Crippen LogP contribution in [-0.4, -0.2) is 14.8 Å². The van der Waals surface area contributed by atoms with Gasteiger partial charge in [0.25, 0.3) is 6.43 Å². The third kappa shape index (κ3) is 2.29. The first-order valence-corrected chi connectivity index (χ1v) is 5.31. The molecule has 0 saturated heterocycles. The lowest BCUT2D eigenvalue weighted by molar-refractivity contribution is 0.152. The van der Waals surface area contributed by atoms with E-state index >= 15 is 0 Å². The molecular weight excluding hydrogens is 248 g/mol. The summed E-state index contributed by atoms with van der Waals surface area (Å²) in [6, 6.07) is 1.70. The predicted molar refractivity (Wildman–Crippen MR) is 61.1 cm³/mol. The minimum Gasteiger partial charge on any atom is -0.275 e. The Kier molecular flexibility index (Phi) is 3.11. The normalized spacial score (nSPS) is 11.2. The Morgan fingerprint density at radius 1 is 1.41 bits per heavy atom. The number of alkyl halides is 2. The molecule has 0 aliphatic carbocycles. The van der Waals surface area contributed by atoms with Crippen molar-refractivity contribution < 1.29 is 8.78 Å². The van der Waals surface area contributed by atoms with E-state index in [0.717, 1.165) is 5.56 Å². The van der Waals surface area contributed by atoms with Gasteiger partial charge in [0.2, 0.25) is 0 Å². The van der Waals surface area contributed by atoms with E-state index in [-0.39, 0.29) is 11.3 Å². The molecule has 0 saturated carbocycles. The fourth-order valence-electron chi connectivity index (χ4n) is 1.58. The molecule has 0 fully saturated rings. The van der Waals surface area contributed by atoms with Crippen LogP contribution in [0, 0.1) is 6.92 Å². The topological polar surface area (TPSA) is 30.7 Å². The van der Waals surface area contributed by atoms with E-state index in [9.17, 15) is 8.78 Å². The van der Waals surface area contributed by atoms with E-state index in [4.69, 9.17) is 11.6 Å². The zero-order valence-electron chi connectivity index (χ0n) is 9.28. The first kappa shape index (κ1) is 12.0. The van der Waals surface area contributed by atoms with Gasteiger partial charge in [0.15, 0.2) is 0 Å². The van der Waals surface area contributed by atoms with Crippen LogP contribution in [0.5, 0.6) is 0 Å². The van der Waals surface area contributed by atoms with E-state index in [0.29, 0.717) is 10.7 Å². The van der Waals surface area contributed by atoms with Gasteiger partial charge >= 0.3 is 0 Å². The second-order valence-electron chi connectivity index (χ2n) is 3.74. The summed E-state index contributed by atoms with van der Waals surface area (Å²) in [4.78, 5) is 3.94. The average molecular weight is 258 g/mol. The minimum absolute atomic E-state index is 0.101. The second-order valence-corrected chi connectivity index (χ2v) is 4.10. The zero-order valence-corrected chi connectivity index (χ0v) is 10.0. The smallest absolute Gasteiger partial charge is 0.267 e. The van der Waals surface area contributed by atoms with E-state index < -0.39 is 6.43 Å². The Morgan fingerprint density at radius 3 is 2.71 bits per heavy atom. The van der Waals surface area contributed by atoms with Crippen LogP contribution >= 0.6 is 11.6 Å². The number of nitrogens with zero attached hydrogens (tertiary/aromatic N) is 3. The third-order valence-electron chi connectivity index (χ3n) is 2.38. The van der Waals surface area contributed by atoms with Crippen molar-refractivity contribution in [3.63, 3.8) is 0 Å². The average Bonchev–Trinajstić information content (AvgIpc) is 2.64. The molecule has 0 N–H and O–H groups in total. The number of rotatable bonds is 2. The first-order chi connectivity index (χ1) is 7.99. The summed E-state index contributed by atoms with van der Waals surface area (Å²) < 4.78 is 27.0. The molecular formula is C11H10ClF2N3. The molecule has 6 heteroatoms. The van der Waals surface area contributed by atoms with Gasteiger partial charge in [0.1, 0.15) is 10.8 Å². The number of aryl methyl sites for hydroxylation is 2. The van der Waals surface area contributed by atoms with Gasteiger partial charge in [-0.25, -0.2) is 13.8 Å². The maximum atomic E-state index is 12.8.